The van der Waals surface area contributed by atoms with E-state index in [9.17, 15) is 4.79 Å². The number of hydrogen-bond acceptors (Lipinski definition) is 7. The largest absolute Gasteiger partial charge is 0.497 e. The SMILES string of the molecule is CCc1c(C)nc2n(c1=O)C(c1ccco1)N=C(Nc1ccc(OC)cc1)N2. The number of furan rings is 1. The topological polar surface area (TPSA) is 93.7 Å². The molecule has 3 aromatic rings. The highest BCUT2D eigenvalue weighted by molar-refractivity contribution is 6.03. The molecule has 2 aromatic heterocycles. The summed E-state index contributed by atoms with van der Waals surface area (Å²) in [7, 11) is 1.62. The van der Waals surface area contributed by atoms with E-state index >= 15 is 0 Å². The van der Waals surface area contributed by atoms with Gasteiger partial charge in [0.05, 0.1) is 13.4 Å². The van der Waals surface area contributed by atoms with E-state index in [1.807, 2.05) is 38.1 Å². The molecule has 1 aliphatic heterocycles. The van der Waals surface area contributed by atoms with Gasteiger partial charge in [-0.2, -0.15) is 0 Å². The van der Waals surface area contributed by atoms with Crippen molar-refractivity contribution in [2.75, 3.05) is 17.7 Å². The Balaban J connectivity index is 1.76. The molecule has 3 heterocycles. The summed E-state index contributed by atoms with van der Waals surface area (Å²) in [6, 6.07) is 11.0. The number of benzene rings is 1. The maximum absolute atomic E-state index is 13.0. The normalized spacial score (nSPS) is 15.4. The van der Waals surface area contributed by atoms with Crippen LogP contribution in [0, 0.1) is 6.92 Å². The fourth-order valence-corrected chi connectivity index (χ4v) is 3.22. The molecule has 144 valence electrons. The highest BCUT2D eigenvalue weighted by Gasteiger charge is 2.28. The third-order valence-electron chi connectivity index (χ3n) is 4.65. The van der Waals surface area contributed by atoms with Gasteiger partial charge in [0.2, 0.25) is 11.9 Å². The molecule has 1 aromatic carbocycles. The molecule has 0 radical (unpaired) electrons. The summed E-state index contributed by atoms with van der Waals surface area (Å²) < 4.78 is 12.3. The van der Waals surface area contributed by atoms with Crippen molar-refractivity contribution in [3.05, 3.63) is 70.0 Å². The molecule has 2 N–H and O–H groups in total. The number of hydrogen-bond donors (Lipinski definition) is 2. The zero-order chi connectivity index (χ0) is 19.7. The predicted molar refractivity (Wildman–Crippen MR) is 107 cm³/mol. The number of ether oxygens (including phenoxy) is 1. The smallest absolute Gasteiger partial charge is 0.260 e. The Morgan fingerprint density at radius 2 is 2.07 bits per heavy atom. The number of anilines is 2. The van der Waals surface area contributed by atoms with Gasteiger partial charge in [0.1, 0.15) is 11.5 Å². The Kier molecular flexibility index (Phi) is 4.60. The summed E-state index contributed by atoms with van der Waals surface area (Å²) in [5.74, 6) is 2.22. The van der Waals surface area contributed by atoms with Crippen molar-refractivity contribution in [1.29, 1.82) is 0 Å². The third kappa shape index (κ3) is 3.13. The molecule has 28 heavy (non-hydrogen) atoms. The van der Waals surface area contributed by atoms with Crippen molar-refractivity contribution in [1.82, 2.24) is 9.55 Å². The number of aryl methyl sites for hydroxylation is 1. The van der Waals surface area contributed by atoms with Gasteiger partial charge in [-0.3, -0.25) is 10.1 Å². The van der Waals surface area contributed by atoms with Gasteiger partial charge in [-0.1, -0.05) is 6.92 Å². The summed E-state index contributed by atoms with van der Waals surface area (Å²) in [4.78, 5) is 22.3. The molecule has 1 unspecified atom stereocenters. The van der Waals surface area contributed by atoms with Crippen LogP contribution in [0.5, 0.6) is 5.75 Å². The van der Waals surface area contributed by atoms with E-state index in [4.69, 9.17) is 9.15 Å². The Hall–Kier alpha value is -3.55. The van der Waals surface area contributed by atoms with E-state index in [2.05, 4.69) is 20.6 Å². The molecular weight excluding hydrogens is 358 g/mol. The Bertz CT molecular complexity index is 1070. The van der Waals surface area contributed by atoms with E-state index in [0.717, 1.165) is 11.4 Å². The summed E-state index contributed by atoms with van der Waals surface area (Å²) in [5.41, 5.74) is 2.08. The van der Waals surface area contributed by atoms with E-state index in [1.54, 1.807) is 25.5 Å². The number of guanidine groups is 1. The number of fused-ring (bicyclic) bond motifs is 1. The number of rotatable bonds is 4. The maximum Gasteiger partial charge on any atom is 0.260 e. The molecule has 0 saturated heterocycles. The zero-order valence-electron chi connectivity index (χ0n) is 15.9. The van der Waals surface area contributed by atoms with Gasteiger partial charge >= 0.3 is 0 Å². The van der Waals surface area contributed by atoms with Crippen molar-refractivity contribution in [2.24, 2.45) is 4.99 Å². The second kappa shape index (κ2) is 7.22. The highest BCUT2D eigenvalue weighted by atomic mass is 16.5. The minimum atomic E-state index is -0.641. The molecule has 0 spiro atoms. The van der Waals surface area contributed by atoms with Crippen LogP contribution in [0.1, 0.15) is 30.1 Å². The molecule has 1 atom stereocenters. The van der Waals surface area contributed by atoms with Gasteiger partial charge < -0.3 is 14.5 Å². The van der Waals surface area contributed by atoms with E-state index in [0.29, 0.717) is 35.3 Å². The van der Waals surface area contributed by atoms with Crippen LogP contribution in [0.25, 0.3) is 0 Å². The van der Waals surface area contributed by atoms with E-state index in [-0.39, 0.29) is 5.56 Å². The number of nitrogens with zero attached hydrogens (tertiary/aromatic N) is 3. The number of aromatic nitrogens is 2. The fourth-order valence-electron chi connectivity index (χ4n) is 3.22. The van der Waals surface area contributed by atoms with Crippen LogP contribution in [-0.2, 0) is 6.42 Å². The van der Waals surface area contributed by atoms with E-state index in [1.165, 1.54) is 4.57 Å². The number of methoxy groups -OCH3 is 1. The average molecular weight is 379 g/mol. The molecular formula is C20H21N5O3. The Labute approximate surface area is 161 Å². The van der Waals surface area contributed by atoms with Gasteiger partial charge in [0.25, 0.3) is 5.56 Å². The first kappa shape index (κ1) is 17.8. The summed E-state index contributed by atoms with van der Waals surface area (Å²) in [6.07, 6.45) is 1.53. The van der Waals surface area contributed by atoms with Crippen LogP contribution in [0.4, 0.5) is 11.6 Å². The van der Waals surface area contributed by atoms with Crippen LogP contribution in [0.2, 0.25) is 0 Å². The Morgan fingerprint density at radius 3 is 2.71 bits per heavy atom. The molecule has 8 heteroatoms. The van der Waals surface area contributed by atoms with Crippen molar-refractivity contribution < 1.29 is 9.15 Å². The van der Waals surface area contributed by atoms with Crippen LogP contribution < -0.4 is 20.9 Å². The van der Waals surface area contributed by atoms with Gasteiger partial charge in [-0.25, -0.2) is 14.5 Å². The van der Waals surface area contributed by atoms with Crippen LogP contribution >= 0.6 is 0 Å². The molecule has 0 amide bonds. The summed E-state index contributed by atoms with van der Waals surface area (Å²) >= 11 is 0. The first-order chi connectivity index (χ1) is 13.6. The lowest BCUT2D eigenvalue weighted by atomic mass is 10.2. The molecule has 0 fully saturated rings. The first-order valence-corrected chi connectivity index (χ1v) is 9.02. The van der Waals surface area contributed by atoms with Crippen molar-refractivity contribution in [2.45, 2.75) is 26.4 Å². The fraction of sp³-hybridized carbons (Fsp3) is 0.250. The lowest BCUT2D eigenvalue weighted by Crippen LogP contribution is -2.39. The molecule has 0 bridgehead atoms. The van der Waals surface area contributed by atoms with Crippen molar-refractivity contribution in [3.63, 3.8) is 0 Å². The van der Waals surface area contributed by atoms with Crippen LogP contribution in [0.3, 0.4) is 0 Å². The van der Waals surface area contributed by atoms with Crippen LogP contribution in [-0.4, -0.2) is 22.6 Å². The number of aliphatic imine (C=N–C) groups is 1. The van der Waals surface area contributed by atoms with Gasteiger partial charge in [-0.05, 0) is 49.7 Å². The lowest BCUT2D eigenvalue weighted by molar-refractivity contribution is 0.415. The second-order valence-corrected chi connectivity index (χ2v) is 6.37. The monoisotopic (exact) mass is 379 g/mol. The van der Waals surface area contributed by atoms with Gasteiger partial charge in [0, 0.05) is 16.9 Å². The standard InChI is InChI=1S/C20H21N5O3/c1-4-15-12(2)21-20-24-19(22-13-7-9-14(27-3)10-8-13)23-17(25(20)18(15)26)16-6-5-11-28-16/h5-11,17H,4H2,1-3H3,(H2,21,22,23,24). The number of nitrogens with one attached hydrogen (secondary N) is 2. The van der Waals surface area contributed by atoms with Gasteiger partial charge in [-0.15, -0.1) is 0 Å². The average Bonchev–Trinajstić information content (AvgIpc) is 3.23. The van der Waals surface area contributed by atoms with Crippen molar-refractivity contribution in [3.8, 4) is 5.75 Å². The highest BCUT2D eigenvalue weighted by Crippen LogP contribution is 2.27. The molecule has 4 rings (SSSR count). The van der Waals surface area contributed by atoms with E-state index < -0.39 is 6.17 Å². The minimum absolute atomic E-state index is 0.119. The lowest BCUT2D eigenvalue weighted by Gasteiger charge is -2.26. The molecule has 8 nitrogen and oxygen atoms in total. The summed E-state index contributed by atoms with van der Waals surface area (Å²) in [5, 5.41) is 6.34. The van der Waals surface area contributed by atoms with Crippen molar-refractivity contribution >= 4 is 17.6 Å². The van der Waals surface area contributed by atoms with Crippen LogP contribution in [0.15, 0.2) is 56.9 Å². The molecule has 0 aliphatic carbocycles. The maximum atomic E-state index is 13.0. The zero-order valence-corrected chi connectivity index (χ0v) is 15.9. The van der Waals surface area contributed by atoms with Gasteiger partial charge in [0.15, 0.2) is 6.17 Å². The predicted octanol–water partition coefficient (Wildman–Crippen LogP) is 3.16. The second-order valence-electron chi connectivity index (χ2n) is 6.37. The summed E-state index contributed by atoms with van der Waals surface area (Å²) in [6.45, 7) is 3.78. The molecule has 0 saturated carbocycles. The third-order valence-corrected chi connectivity index (χ3v) is 4.65. The molecule has 1 aliphatic rings. The quantitative estimate of drug-likeness (QED) is 0.723. The minimum Gasteiger partial charge on any atom is -0.497 e. The first-order valence-electron chi connectivity index (χ1n) is 9.02. The Morgan fingerprint density at radius 1 is 1.29 bits per heavy atom.